The number of imide groups is 1. The fourth-order valence-electron chi connectivity index (χ4n) is 5.27. The lowest BCUT2D eigenvalue weighted by atomic mass is 9.89. The van der Waals surface area contributed by atoms with E-state index in [1.807, 2.05) is 56.3 Å². The van der Waals surface area contributed by atoms with Crippen LogP contribution < -0.4 is 10.6 Å². The number of urea groups is 1. The molecule has 45 heavy (non-hydrogen) atoms. The van der Waals surface area contributed by atoms with E-state index in [2.05, 4.69) is 10.6 Å². The molecule has 11 nitrogen and oxygen atoms in total. The van der Waals surface area contributed by atoms with Crippen molar-refractivity contribution in [3.05, 3.63) is 108 Å². The molecule has 0 radical (unpaired) electrons. The number of hydrogen-bond acceptors (Lipinski definition) is 6. The number of carboxylic acid groups (broad SMARTS) is 1. The maximum absolute atomic E-state index is 14.3. The van der Waals surface area contributed by atoms with Crippen molar-refractivity contribution >= 4 is 29.9 Å². The topological polar surface area (TPSA) is 145 Å². The molecule has 3 aromatic rings. The van der Waals surface area contributed by atoms with Gasteiger partial charge in [-0.3, -0.25) is 9.59 Å². The maximum Gasteiger partial charge on any atom is 0.408 e. The predicted molar refractivity (Wildman–Crippen MR) is 165 cm³/mol. The summed E-state index contributed by atoms with van der Waals surface area (Å²) in [5.74, 6) is -2.78. The number of alkyl carbamates (subject to hydrolysis) is 1. The van der Waals surface area contributed by atoms with Crippen molar-refractivity contribution < 1.29 is 33.8 Å². The van der Waals surface area contributed by atoms with E-state index in [1.165, 1.54) is 4.90 Å². The highest BCUT2D eigenvalue weighted by molar-refractivity contribution is 6.10. The first-order valence-corrected chi connectivity index (χ1v) is 14.7. The molecule has 0 bridgehead atoms. The van der Waals surface area contributed by atoms with Crippen LogP contribution in [0.15, 0.2) is 91.0 Å². The van der Waals surface area contributed by atoms with Crippen molar-refractivity contribution in [2.75, 3.05) is 6.54 Å². The van der Waals surface area contributed by atoms with Crippen LogP contribution in [0.4, 0.5) is 9.59 Å². The molecule has 5 amide bonds. The van der Waals surface area contributed by atoms with Crippen LogP contribution in [0.5, 0.6) is 0 Å². The second-order valence-corrected chi connectivity index (χ2v) is 11.5. The second-order valence-electron chi connectivity index (χ2n) is 11.5. The van der Waals surface area contributed by atoms with Gasteiger partial charge < -0.3 is 25.4 Å². The molecule has 4 rings (SSSR count). The first-order valence-electron chi connectivity index (χ1n) is 14.7. The number of amides is 5. The van der Waals surface area contributed by atoms with Gasteiger partial charge in [-0.25, -0.2) is 19.3 Å². The molecule has 1 heterocycles. The van der Waals surface area contributed by atoms with E-state index < -0.39 is 54.1 Å². The largest absolute Gasteiger partial charge is 0.480 e. The van der Waals surface area contributed by atoms with Crippen LogP contribution in [0.25, 0.3) is 0 Å². The zero-order valence-electron chi connectivity index (χ0n) is 25.5. The summed E-state index contributed by atoms with van der Waals surface area (Å²) in [6.45, 7) is 4.94. The summed E-state index contributed by atoms with van der Waals surface area (Å²) >= 11 is 0. The predicted octanol–water partition coefficient (Wildman–Crippen LogP) is 4.28. The molecule has 0 aromatic heterocycles. The van der Waals surface area contributed by atoms with E-state index in [9.17, 15) is 29.1 Å². The van der Waals surface area contributed by atoms with Crippen LogP contribution in [0.1, 0.15) is 43.9 Å². The first kappa shape index (κ1) is 32.7. The highest BCUT2D eigenvalue weighted by Gasteiger charge is 2.58. The Balaban J connectivity index is 1.54. The third kappa shape index (κ3) is 7.67. The molecule has 0 saturated carbocycles. The van der Waals surface area contributed by atoms with Crippen LogP contribution >= 0.6 is 0 Å². The molecule has 0 aliphatic carbocycles. The lowest BCUT2D eigenvalue weighted by Crippen LogP contribution is -2.55. The van der Waals surface area contributed by atoms with Crippen molar-refractivity contribution in [1.29, 1.82) is 0 Å². The van der Waals surface area contributed by atoms with Crippen LogP contribution in [0.3, 0.4) is 0 Å². The van der Waals surface area contributed by atoms with Gasteiger partial charge in [-0.1, -0.05) is 105 Å². The standard InChI is InChI=1S/C34H38N4O7/c1-23(2)19-28(29(39)35-20-27(30(40)41)36-32(43)45-22-25-15-9-5-10-16-25)38-31(42)34(3,26-17-11-6-12-18-26)37(33(38)44)21-24-13-7-4-8-14-24/h4-18,23,27-28H,19-22H2,1-3H3,(H,35,39)(H,36,43)(H,40,41). The van der Waals surface area contributed by atoms with Crippen molar-refractivity contribution in [1.82, 2.24) is 20.4 Å². The summed E-state index contributed by atoms with van der Waals surface area (Å²) in [4.78, 5) is 68.8. The average Bonchev–Trinajstić information content (AvgIpc) is 3.22. The summed E-state index contributed by atoms with van der Waals surface area (Å²) in [6.07, 6.45) is -0.836. The number of aliphatic carboxylic acids is 1. The highest BCUT2D eigenvalue weighted by Crippen LogP contribution is 2.40. The zero-order valence-corrected chi connectivity index (χ0v) is 25.5. The molecule has 11 heteroatoms. The Morgan fingerprint density at radius 2 is 1.42 bits per heavy atom. The monoisotopic (exact) mass is 614 g/mol. The zero-order chi connectivity index (χ0) is 32.6. The van der Waals surface area contributed by atoms with Gasteiger partial charge in [0.15, 0.2) is 0 Å². The fraction of sp³-hybridized carbons (Fsp3) is 0.324. The highest BCUT2D eigenvalue weighted by atomic mass is 16.5. The Kier molecular flexibility index (Phi) is 10.6. The van der Waals surface area contributed by atoms with Gasteiger partial charge in [-0.2, -0.15) is 0 Å². The number of hydrogen-bond donors (Lipinski definition) is 3. The number of carbonyl (C=O) groups excluding carboxylic acids is 4. The molecular weight excluding hydrogens is 576 g/mol. The average molecular weight is 615 g/mol. The SMILES string of the molecule is CC(C)CC(C(=O)NCC(NC(=O)OCc1ccccc1)C(=O)O)N1C(=O)N(Cc2ccccc2)C(C)(c2ccccc2)C1=O. The van der Waals surface area contributed by atoms with Gasteiger partial charge in [0.25, 0.3) is 5.91 Å². The number of nitrogens with one attached hydrogen (secondary N) is 2. The number of benzene rings is 3. The summed E-state index contributed by atoms with van der Waals surface area (Å²) in [5.41, 5.74) is 0.710. The van der Waals surface area contributed by atoms with Crippen molar-refractivity contribution in [2.45, 2.75) is 58.0 Å². The molecule has 0 spiro atoms. The van der Waals surface area contributed by atoms with E-state index in [-0.39, 0.29) is 25.5 Å². The van der Waals surface area contributed by atoms with Gasteiger partial charge in [0, 0.05) is 13.1 Å². The molecular formula is C34H38N4O7. The molecule has 3 unspecified atom stereocenters. The van der Waals surface area contributed by atoms with Crippen LogP contribution in [0, 0.1) is 5.92 Å². The normalized spacial score (nSPS) is 17.6. The lowest BCUT2D eigenvalue weighted by molar-refractivity contribution is -0.141. The van der Waals surface area contributed by atoms with Crippen LogP contribution in [-0.4, -0.2) is 63.4 Å². The van der Waals surface area contributed by atoms with Crippen molar-refractivity contribution in [3.63, 3.8) is 0 Å². The maximum atomic E-state index is 14.3. The van der Waals surface area contributed by atoms with Gasteiger partial charge in [-0.05, 0) is 36.0 Å². The first-order chi connectivity index (χ1) is 21.5. The lowest BCUT2D eigenvalue weighted by Gasteiger charge is -2.32. The van der Waals surface area contributed by atoms with E-state index in [1.54, 1.807) is 55.5 Å². The van der Waals surface area contributed by atoms with Gasteiger partial charge in [-0.15, -0.1) is 0 Å². The number of carbonyl (C=O) groups is 5. The van der Waals surface area contributed by atoms with E-state index in [0.717, 1.165) is 10.5 Å². The third-order valence-electron chi connectivity index (χ3n) is 7.72. The number of rotatable bonds is 13. The van der Waals surface area contributed by atoms with Crippen molar-refractivity contribution in [2.24, 2.45) is 5.92 Å². The Morgan fingerprint density at radius 1 is 0.867 bits per heavy atom. The summed E-state index contributed by atoms with van der Waals surface area (Å²) in [5, 5.41) is 14.5. The Labute approximate surface area is 262 Å². The van der Waals surface area contributed by atoms with Crippen LogP contribution in [0.2, 0.25) is 0 Å². The number of ether oxygens (including phenoxy) is 1. The molecule has 1 saturated heterocycles. The quantitative estimate of drug-likeness (QED) is 0.244. The Morgan fingerprint density at radius 3 is 1.98 bits per heavy atom. The molecule has 1 aliphatic rings. The van der Waals surface area contributed by atoms with E-state index in [4.69, 9.17) is 4.74 Å². The minimum Gasteiger partial charge on any atom is -0.480 e. The smallest absolute Gasteiger partial charge is 0.408 e. The Bertz CT molecular complexity index is 1500. The third-order valence-corrected chi connectivity index (χ3v) is 7.72. The van der Waals surface area contributed by atoms with Gasteiger partial charge in [0.1, 0.15) is 24.2 Å². The molecule has 3 aromatic carbocycles. The fourth-order valence-corrected chi connectivity index (χ4v) is 5.27. The molecule has 3 N–H and O–H groups in total. The second kappa shape index (κ2) is 14.5. The molecule has 236 valence electrons. The Hall–Kier alpha value is -5.19. The summed E-state index contributed by atoms with van der Waals surface area (Å²) in [6, 6.07) is 23.6. The van der Waals surface area contributed by atoms with E-state index >= 15 is 0 Å². The summed E-state index contributed by atoms with van der Waals surface area (Å²) < 4.78 is 5.12. The summed E-state index contributed by atoms with van der Waals surface area (Å²) in [7, 11) is 0. The minimum absolute atomic E-state index is 0.0688. The van der Waals surface area contributed by atoms with Crippen molar-refractivity contribution in [3.8, 4) is 0 Å². The molecule has 3 atom stereocenters. The minimum atomic E-state index is -1.52. The molecule has 1 aliphatic heterocycles. The number of carboxylic acids is 1. The van der Waals surface area contributed by atoms with E-state index in [0.29, 0.717) is 11.1 Å². The number of nitrogens with zero attached hydrogens (tertiary/aromatic N) is 2. The van der Waals surface area contributed by atoms with Gasteiger partial charge in [0.2, 0.25) is 5.91 Å². The van der Waals surface area contributed by atoms with Crippen LogP contribution in [-0.2, 0) is 37.8 Å². The van der Waals surface area contributed by atoms with Gasteiger partial charge in [0.05, 0.1) is 0 Å². The van der Waals surface area contributed by atoms with Gasteiger partial charge >= 0.3 is 18.1 Å². The molecule has 1 fully saturated rings.